The molecule has 0 spiro atoms. The largest absolute Gasteiger partial charge is 0.341 e. The van der Waals surface area contributed by atoms with Crippen molar-refractivity contribution < 1.29 is 9.59 Å². The standard InChI is InChI=1S/C16H30N4O2.2ClH/c1-13(12-17-3)15(21)20-10-8-18(9-11-20)14(2)16(22)19-6-4-5-7-19;;/h13-14,17H,4-12H2,1-3H3;2*1H. The van der Waals surface area contributed by atoms with Crippen LogP contribution in [0.4, 0.5) is 0 Å². The van der Waals surface area contributed by atoms with E-state index in [1.807, 2.05) is 30.7 Å². The molecule has 2 aliphatic heterocycles. The Morgan fingerprint density at radius 1 is 0.875 bits per heavy atom. The SMILES string of the molecule is CNCC(C)C(=O)N1CCN(C(C)C(=O)N2CCCC2)CC1.Cl.Cl. The molecular weight excluding hydrogens is 351 g/mol. The van der Waals surface area contributed by atoms with E-state index in [1.165, 1.54) is 0 Å². The lowest BCUT2D eigenvalue weighted by Crippen LogP contribution is -2.56. The normalized spacial score (nSPS) is 20.8. The van der Waals surface area contributed by atoms with Crippen LogP contribution in [0.15, 0.2) is 0 Å². The Bertz CT molecular complexity index is 398. The molecule has 142 valence electrons. The van der Waals surface area contributed by atoms with Gasteiger partial charge in [-0.15, -0.1) is 24.8 Å². The van der Waals surface area contributed by atoms with Crippen molar-refractivity contribution in [3.05, 3.63) is 0 Å². The molecule has 2 atom stereocenters. The summed E-state index contributed by atoms with van der Waals surface area (Å²) in [4.78, 5) is 30.9. The van der Waals surface area contributed by atoms with Crippen molar-refractivity contribution in [3.8, 4) is 0 Å². The third kappa shape index (κ3) is 5.76. The summed E-state index contributed by atoms with van der Waals surface area (Å²) in [6, 6.07) is -0.0647. The van der Waals surface area contributed by atoms with Gasteiger partial charge in [0, 0.05) is 51.7 Å². The van der Waals surface area contributed by atoms with Crippen molar-refractivity contribution in [1.82, 2.24) is 20.0 Å². The molecule has 0 aromatic heterocycles. The lowest BCUT2D eigenvalue weighted by molar-refractivity contribution is -0.139. The molecule has 24 heavy (non-hydrogen) atoms. The lowest BCUT2D eigenvalue weighted by atomic mass is 10.1. The topological polar surface area (TPSA) is 55.9 Å². The van der Waals surface area contributed by atoms with Crippen LogP contribution in [-0.2, 0) is 9.59 Å². The second-order valence-corrected chi connectivity index (χ2v) is 6.53. The molecule has 2 amide bonds. The third-order valence-electron chi connectivity index (χ3n) is 4.88. The average molecular weight is 383 g/mol. The van der Waals surface area contributed by atoms with Gasteiger partial charge < -0.3 is 15.1 Å². The zero-order chi connectivity index (χ0) is 16.1. The van der Waals surface area contributed by atoms with Crippen LogP contribution in [0.3, 0.4) is 0 Å². The van der Waals surface area contributed by atoms with E-state index in [1.54, 1.807) is 0 Å². The summed E-state index contributed by atoms with van der Waals surface area (Å²) in [5, 5.41) is 3.05. The minimum absolute atomic E-state index is 0. The molecule has 0 aromatic rings. The molecule has 2 heterocycles. The van der Waals surface area contributed by atoms with Gasteiger partial charge in [0.1, 0.15) is 0 Å². The number of hydrogen-bond donors (Lipinski definition) is 1. The summed E-state index contributed by atoms with van der Waals surface area (Å²) in [6.07, 6.45) is 2.26. The molecule has 0 saturated carbocycles. The number of halogens is 2. The molecule has 0 aliphatic carbocycles. The minimum atomic E-state index is -0.0647. The Balaban J connectivity index is 0.00000264. The number of amides is 2. The predicted octanol–water partition coefficient (Wildman–Crippen LogP) is 0.841. The van der Waals surface area contributed by atoms with E-state index in [0.717, 1.165) is 52.1 Å². The average Bonchev–Trinajstić information content (AvgIpc) is 3.07. The van der Waals surface area contributed by atoms with Crippen LogP contribution in [0, 0.1) is 5.92 Å². The van der Waals surface area contributed by atoms with Crippen LogP contribution in [0.5, 0.6) is 0 Å². The number of carbonyl (C=O) groups is 2. The molecule has 0 aromatic carbocycles. The van der Waals surface area contributed by atoms with Gasteiger partial charge in [0.15, 0.2) is 0 Å². The van der Waals surface area contributed by atoms with Crippen molar-refractivity contribution in [2.45, 2.75) is 32.7 Å². The fourth-order valence-corrected chi connectivity index (χ4v) is 3.39. The first-order chi connectivity index (χ1) is 10.5. The van der Waals surface area contributed by atoms with E-state index in [2.05, 4.69) is 10.2 Å². The van der Waals surface area contributed by atoms with Gasteiger partial charge in [0.25, 0.3) is 0 Å². The summed E-state index contributed by atoms with van der Waals surface area (Å²) in [5.41, 5.74) is 0. The number of carbonyl (C=O) groups excluding carboxylic acids is 2. The lowest BCUT2D eigenvalue weighted by Gasteiger charge is -2.39. The number of nitrogens with zero attached hydrogens (tertiary/aromatic N) is 3. The van der Waals surface area contributed by atoms with Crippen molar-refractivity contribution in [2.75, 3.05) is 52.9 Å². The zero-order valence-electron chi connectivity index (χ0n) is 15.0. The molecule has 8 heteroatoms. The highest BCUT2D eigenvalue weighted by molar-refractivity contribution is 5.85. The van der Waals surface area contributed by atoms with E-state index >= 15 is 0 Å². The van der Waals surface area contributed by atoms with Crippen molar-refractivity contribution >= 4 is 36.6 Å². The van der Waals surface area contributed by atoms with E-state index in [-0.39, 0.29) is 48.6 Å². The van der Waals surface area contributed by atoms with Gasteiger partial charge in [-0.3, -0.25) is 14.5 Å². The number of piperazine rings is 1. The fourth-order valence-electron chi connectivity index (χ4n) is 3.39. The summed E-state index contributed by atoms with van der Waals surface area (Å²) >= 11 is 0. The summed E-state index contributed by atoms with van der Waals surface area (Å²) in [7, 11) is 1.87. The first kappa shape index (κ1) is 23.4. The van der Waals surface area contributed by atoms with Gasteiger partial charge in [0.05, 0.1) is 6.04 Å². The smallest absolute Gasteiger partial charge is 0.239 e. The molecular formula is C16H32Cl2N4O2. The maximum Gasteiger partial charge on any atom is 0.239 e. The first-order valence-corrected chi connectivity index (χ1v) is 8.50. The van der Waals surface area contributed by atoms with Crippen LogP contribution < -0.4 is 5.32 Å². The van der Waals surface area contributed by atoms with Gasteiger partial charge in [0.2, 0.25) is 11.8 Å². The zero-order valence-corrected chi connectivity index (χ0v) is 16.6. The highest BCUT2D eigenvalue weighted by Crippen LogP contribution is 2.14. The van der Waals surface area contributed by atoms with Crippen LogP contribution >= 0.6 is 24.8 Å². The van der Waals surface area contributed by atoms with Crippen molar-refractivity contribution in [2.24, 2.45) is 5.92 Å². The van der Waals surface area contributed by atoms with Gasteiger partial charge in [-0.2, -0.15) is 0 Å². The molecule has 2 saturated heterocycles. The third-order valence-corrected chi connectivity index (χ3v) is 4.88. The molecule has 1 N–H and O–H groups in total. The van der Waals surface area contributed by atoms with Gasteiger partial charge in [-0.25, -0.2) is 0 Å². The molecule has 0 bridgehead atoms. The summed E-state index contributed by atoms with van der Waals surface area (Å²) in [6.45, 7) is 9.52. The molecule has 2 aliphatic rings. The molecule has 6 nitrogen and oxygen atoms in total. The Morgan fingerprint density at radius 3 is 1.88 bits per heavy atom. The molecule has 2 fully saturated rings. The molecule has 2 unspecified atom stereocenters. The molecule has 0 radical (unpaired) electrons. The highest BCUT2D eigenvalue weighted by atomic mass is 35.5. The van der Waals surface area contributed by atoms with E-state index in [0.29, 0.717) is 6.54 Å². The summed E-state index contributed by atoms with van der Waals surface area (Å²) in [5.74, 6) is 0.480. The quantitative estimate of drug-likeness (QED) is 0.765. The monoisotopic (exact) mass is 382 g/mol. The minimum Gasteiger partial charge on any atom is -0.341 e. The predicted molar refractivity (Wildman–Crippen MR) is 101 cm³/mol. The van der Waals surface area contributed by atoms with Crippen LogP contribution in [-0.4, -0.2) is 85.4 Å². The molecule has 2 rings (SSSR count). The number of likely N-dealkylation sites (tertiary alicyclic amines) is 1. The second-order valence-electron chi connectivity index (χ2n) is 6.53. The Kier molecular flexibility index (Phi) is 10.9. The first-order valence-electron chi connectivity index (χ1n) is 8.50. The second kappa shape index (κ2) is 11.1. The van der Waals surface area contributed by atoms with E-state index in [9.17, 15) is 9.59 Å². The van der Waals surface area contributed by atoms with E-state index < -0.39 is 0 Å². The Morgan fingerprint density at radius 2 is 1.38 bits per heavy atom. The van der Waals surface area contributed by atoms with Gasteiger partial charge in [-0.1, -0.05) is 6.92 Å². The Hall–Kier alpha value is -0.560. The van der Waals surface area contributed by atoms with Crippen LogP contribution in [0.1, 0.15) is 26.7 Å². The highest BCUT2D eigenvalue weighted by Gasteiger charge is 2.31. The van der Waals surface area contributed by atoms with Crippen molar-refractivity contribution in [1.29, 1.82) is 0 Å². The number of hydrogen-bond acceptors (Lipinski definition) is 4. The Labute approximate surface area is 158 Å². The maximum absolute atomic E-state index is 12.4. The van der Waals surface area contributed by atoms with E-state index in [4.69, 9.17) is 0 Å². The number of rotatable bonds is 5. The van der Waals surface area contributed by atoms with Crippen molar-refractivity contribution in [3.63, 3.8) is 0 Å². The van der Waals surface area contributed by atoms with Gasteiger partial charge in [-0.05, 0) is 26.8 Å². The maximum atomic E-state index is 12.4. The van der Waals surface area contributed by atoms with Gasteiger partial charge >= 0.3 is 0 Å². The number of nitrogens with one attached hydrogen (secondary N) is 1. The summed E-state index contributed by atoms with van der Waals surface area (Å²) < 4.78 is 0. The van der Waals surface area contributed by atoms with Crippen LogP contribution in [0.2, 0.25) is 0 Å². The van der Waals surface area contributed by atoms with Crippen LogP contribution in [0.25, 0.3) is 0 Å². The fraction of sp³-hybridized carbons (Fsp3) is 0.875.